The van der Waals surface area contributed by atoms with E-state index in [4.69, 9.17) is 14.3 Å². The molecule has 0 saturated heterocycles. The van der Waals surface area contributed by atoms with Crippen molar-refractivity contribution in [3.8, 4) is 5.75 Å². The van der Waals surface area contributed by atoms with Gasteiger partial charge in [-0.15, -0.1) is 5.73 Å². The fourth-order valence-corrected chi connectivity index (χ4v) is 5.08. The van der Waals surface area contributed by atoms with Crippen LogP contribution in [0, 0.1) is 5.92 Å². The van der Waals surface area contributed by atoms with Crippen LogP contribution in [-0.2, 0) is 14.0 Å². The molecule has 0 spiro atoms. The molecule has 2 atom stereocenters. The highest BCUT2D eigenvalue weighted by molar-refractivity contribution is 6.74. The van der Waals surface area contributed by atoms with Gasteiger partial charge < -0.3 is 14.3 Å². The van der Waals surface area contributed by atoms with E-state index in [1.54, 1.807) is 0 Å². The predicted molar refractivity (Wildman–Crippen MR) is 139 cm³/mol. The number of benzene rings is 1. The van der Waals surface area contributed by atoms with Crippen LogP contribution >= 0.6 is 0 Å². The lowest BCUT2D eigenvalue weighted by molar-refractivity contribution is -0.136. The highest BCUT2D eigenvalue weighted by atomic mass is 28.4. The molecule has 0 saturated carbocycles. The lowest BCUT2D eigenvalue weighted by atomic mass is 9.91. The number of aliphatic carboxylic acids is 1. The van der Waals surface area contributed by atoms with Crippen LogP contribution in [0.25, 0.3) is 0 Å². The molecule has 5 nitrogen and oxygen atoms in total. The van der Waals surface area contributed by atoms with Gasteiger partial charge in [-0.25, -0.2) is 0 Å². The van der Waals surface area contributed by atoms with E-state index in [9.17, 15) is 9.59 Å². The Hall–Kier alpha value is -2.40. The zero-order valence-corrected chi connectivity index (χ0v) is 22.3. The number of para-hydroxylation sites is 1. The largest absolute Gasteiger partial charge is 0.491 e. The van der Waals surface area contributed by atoms with Crippen molar-refractivity contribution >= 4 is 20.1 Å². The van der Waals surface area contributed by atoms with Crippen molar-refractivity contribution in [2.24, 2.45) is 5.92 Å². The Morgan fingerprint density at radius 1 is 1.24 bits per heavy atom. The summed E-state index contributed by atoms with van der Waals surface area (Å²) in [7, 11) is -1.98. The van der Waals surface area contributed by atoms with Crippen LogP contribution in [0.1, 0.15) is 59.3 Å². The molecule has 0 aliphatic heterocycles. The second-order valence-electron chi connectivity index (χ2n) is 10.4. The van der Waals surface area contributed by atoms with Crippen molar-refractivity contribution in [2.75, 3.05) is 6.61 Å². The topological polar surface area (TPSA) is 72.8 Å². The fraction of sp³-hybridized carbons (Fsp3) is 0.536. The first kappa shape index (κ1) is 27.8. The van der Waals surface area contributed by atoms with E-state index in [0.717, 1.165) is 25.0 Å². The number of carbonyl (C=O) groups excluding carboxylic acids is 1. The molecule has 1 aromatic rings. The van der Waals surface area contributed by atoms with Gasteiger partial charge in [0.15, 0.2) is 8.32 Å². The van der Waals surface area contributed by atoms with Crippen LogP contribution in [0.3, 0.4) is 0 Å². The molecule has 0 radical (unpaired) electrons. The average molecular weight is 485 g/mol. The maximum Gasteiger partial charge on any atom is 0.307 e. The number of Topliss-reactive ketones (excluding diaryl/α,β-unsaturated/α-hetero) is 1. The fourth-order valence-electron chi connectivity index (χ4n) is 3.71. The minimum Gasteiger partial charge on any atom is -0.491 e. The number of carboxylic acid groups (broad SMARTS) is 1. The number of carbonyl (C=O) groups is 2. The highest BCUT2D eigenvalue weighted by Gasteiger charge is 2.39. The van der Waals surface area contributed by atoms with Gasteiger partial charge in [-0.3, -0.25) is 9.59 Å². The van der Waals surface area contributed by atoms with E-state index in [-0.39, 0.29) is 29.3 Å². The lowest BCUT2D eigenvalue weighted by Crippen LogP contribution is -2.45. The molecule has 1 aliphatic carbocycles. The molecule has 1 aromatic carbocycles. The Balaban J connectivity index is 1.99. The van der Waals surface area contributed by atoms with Crippen molar-refractivity contribution in [1.29, 1.82) is 0 Å². The quantitative estimate of drug-likeness (QED) is 0.191. The molecule has 1 N–H and O–H groups in total. The average Bonchev–Trinajstić information content (AvgIpc) is 3.11. The third-order valence-electron chi connectivity index (χ3n) is 6.72. The van der Waals surface area contributed by atoms with Gasteiger partial charge >= 0.3 is 5.97 Å². The summed E-state index contributed by atoms with van der Waals surface area (Å²) in [4.78, 5) is 23.1. The zero-order chi connectivity index (χ0) is 25.2. The molecule has 1 aliphatic rings. The summed E-state index contributed by atoms with van der Waals surface area (Å²) in [5, 5.41) is 8.78. The molecule has 6 heteroatoms. The summed E-state index contributed by atoms with van der Waals surface area (Å²) in [6.07, 6.45) is 8.87. The molecule has 0 bridgehead atoms. The molecule has 34 heavy (non-hydrogen) atoms. The van der Waals surface area contributed by atoms with Crippen molar-refractivity contribution in [2.45, 2.75) is 83.5 Å². The molecule has 0 heterocycles. The number of carboxylic acids is 1. The second kappa shape index (κ2) is 12.9. The molecular weight excluding hydrogens is 444 g/mol. The summed E-state index contributed by atoms with van der Waals surface area (Å²) in [6.45, 7) is 11.7. The van der Waals surface area contributed by atoms with E-state index < -0.39 is 14.3 Å². The van der Waals surface area contributed by atoms with Crippen LogP contribution in [0.2, 0.25) is 18.1 Å². The maximum atomic E-state index is 12.5. The van der Waals surface area contributed by atoms with E-state index in [1.807, 2.05) is 36.4 Å². The molecule has 186 valence electrons. The Kier molecular flexibility index (Phi) is 10.6. The van der Waals surface area contributed by atoms with Gasteiger partial charge in [-0.2, -0.15) is 0 Å². The van der Waals surface area contributed by atoms with E-state index in [0.29, 0.717) is 19.4 Å². The molecule has 0 unspecified atom stereocenters. The van der Waals surface area contributed by atoms with Gasteiger partial charge in [0.2, 0.25) is 0 Å². The second-order valence-corrected chi connectivity index (χ2v) is 15.2. The Morgan fingerprint density at radius 2 is 1.94 bits per heavy atom. The third-order valence-corrected chi connectivity index (χ3v) is 11.3. The van der Waals surface area contributed by atoms with Crippen LogP contribution in [0.15, 0.2) is 59.9 Å². The Labute approximate surface area is 205 Å². The number of ether oxygens (including phenoxy) is 1. The maximum absolute atomic E-state index is 12.5. The van der Waals surface area contributed by atoms with Gasteiger partial charge in [0.1, 0.15) is 18.1 Å². The number of ketones is 1. The first-order valence-electron chi connectivity index (χ1n) is 12.2. The number of rotatable bonds is 13. The van der Waals surface area contributed by atoms with Gasteiger partial charge in [-0.05, 0) is 68.1 Å². The normalized spacial score (nSPS) is 17.0. The monoisotopic (exact) mass is 484 g/mol. The van der Waals surface area contributed by atoms with Crippen LogP contribution in [0.4, 0.5) is 0 Å². The van der Waals surface area contributed by atoms with Gasteiger partial charge in [-0.1, -0.05) is 50.6 Å². The van der Waals surface area contributed by atoms with E-state index in [1.165, 1.54) is 11.6 Å². The first-order valence-corrected chi connectivity index (χ1v) is 15.1. The summed E-state index contributed by atoms with van der Waals surface area (Å²) >= 11 is 0. The molecule has 0 amide bonds. The first-order chi connectivity index (χ1) is 16.0. The van der Waals surface area contributed by atoms with Gasteiger partial charge in [0.05, 0.1) is 12.5 Å². The summed E-state index contributed by atoms with van der Waals surface area (Å²) < 4.78 is 12.8. The van der Waals surface area contributed by atoms with Crippen LogP contribution in [-0.4, -0.2) is 37.9 Å². The van der Waals surface area contributed by atoms with Crippen molar-refractivity contribution in [3.63, 3.8) is 0 Å². The minimum absolute atomic E-state index is 0.0370. The summed E-state index contributed by atoms with van der Waals surface area (Å²) in [5.41, 5.74) is 4.09. The predicted octanol–water partition coefficient (Wildman–Crippen LogP) is 6.72. The summed E-state index contributed by atoms with van der Waals surface area (Å²) in [5.74, 6) is 0.159. The highest BCUT2D eigenvalue weighted by Crippen LogP contribution is 2.38. The van der Waals surface area contributed by atoms with Crippen molar-refractivity contribution < 1.29 is 23.9 Å². The molecule has 0 fully saturated rings. The molecule has 0 aromatic heterocycles. The van der Waals surface area contributed by atoms with Crippen molar-refractivity contribution in [1.82, 2.24) is 0 Å². The number of hydrogen-bond acceptors (Lipinski definition) is 4. The van der Waals surface area contributed by atoms with Gasteiger partial charge in [0, 0.05) is 12.3 Å². The Morgan fingerprint density at radius 3 is 2.59 bits per heavy atom. The van der Waals surface area contributed by atoms with Gasteiger partial charge in [0.25, 0.3) is 0 Å². The molecular formula is C28H40O5Si. The zero-order valence-electron chi connectivity index (χ0n) is 21.3. The van der Waals surface area contributed by atoms with E-state index >= 15 is 0 Å². The van der Waals surface area contributed by atoms with Crippen LogP contribution in [0.5, 0.6) is 5.75 Å². The minimum atomic E-state index is -1.98. The third kappa shape index (κ3) is 9.09. The SMILES string of the molecule is CC(C)(C)[Si](C)(C)O[C@@H](CCC1=CCC(=O)[C@@H]1CCC=C=CCC(=O)O)COc1ccccc1. The molecule has 2 rings (SSSR count). The number of hydrogen-bond donors (Lipinski definition) is 1. The smallest absolute Gasteiger partial charge is 0.307 e. The van der Waals surface area contributed by atoms with E-state index in [2.05, 4.69) is 45.7 Å². The summed E-state index contributed by atoms with van der Waals surface area (Å²) in [6, 6.07) is 9.80. The Bertz CT molecular complexity index is 904. The number of allylic oxidation sites excluding steroid dienone is 2. The van der Waals surface area contributed by atoms with Crippen molar-refractivity contribution in [3.05, 3.63) is 59.9 Å². The van der Waals surface area contributed by atoms with Crippen LogP contribution < -0.4 is 4.74 Å². The lowest BCUT2D eigenvalue weighted by Gasteiger charge is -2.39. The standard InChI is InChI=1S/C28H40O5Si/c1-28(2,3)34(4,5)33-24(21-32-23-13-9-8-10-14-23)19-17-22-18-20-26(29)25(22)15-11-6-7-12-16-27(30)31/h6,8-10,12-14,18,24-25H,11,15-17,19-21H2,1-5H3,(H,30,31)/t7?,24-,25+/m0/s1.